The van der Waals surface area contributed by atoms with Gasteiger partial charge >= 0.3 is 0 Å². The number of aromatic nitrogens is 2. The van der Waals surface area contributed by atoms with Gasteiger partial charge < -0.3 is 9.47 Å². The molecule has 0 aliphatic carbocycles. The third-order valence-corrected chi connectivity index (χ3v) is 5.38. The molecular formula is C20H19N3. The van der Waals surface area contributed by atoms with Gasteiger partial charge in [0.15, 0.2) is 0 Å². The number of hydrogen-bond acceptors (Lipinski definition) is 2. The van der Waals surface area contributed by atoms with Crippen molar-refractivity contribution < 1.29 is 0 Å². The van der Waals surface area contributed by atoms with E-state index in [0.717, 1.165) is 13.0 Å². The van der Waals surface area contributed by atoms with E-state index in [-0.39, 0.29) is 6.04 Å². The number of hydrogen-bond donors (Lipinski definition) is 0. The van der Waals surface area contributed by atoms with Gasteiger partial charge in [-0.2, -0.15) is 0 Å². The van der Waals surface area contributed by atoms with Crippen LogP contribution in [0, 0.1) is 0 Å². The highest BCUT2D eigenvalue weighted by Gasteiger charge is 2.31. The van der Waals surface area contributed by atoms with Crippen LogP contribution in [0.5, 0.6) is 0 Å². The lowest BCUT2D eigenvalue weighted by Gasteiger charge is -2.29. The predicted molar refractivity (Wildman–Crippen MR) is 94.2 cm³/mol. The van der Waals surface area contributed by atoms with Crippen LogP contribution in [0.1, 0.15) is 35.3 Å². The topological polar surface area (TPSA) is 21.1 Å². The normalized spacial score (nSPS) is 19.1. The van der Waals surface area contributed by atoms with Gasteiger partial charge in [-0.1, -0.05) is 18.2 Å². The van der Waals surface area contributed by atoms with Crippen molar-refractivity contribution in [2.75, 3.05) is 13.6 Å². The molecule has 1 unspecified atom stereocenters. The largest absolute Gasteiger partial charge is 0.373 e. The summed E-state index contributed by atoms with van der Waals surface area (Å²) < 4.78 is 2.51. The first-order valence-electron chi connectivity index (χ1n) is 8.24. The predicted octanol–water partition coefficient (Wildman–Crippen LogP) is 3.95. The van der Waals surface area contributed by atoms with E-state index in [9.17, 15) is 0 Å². The molecule has 0 spiro atoms. The monoisotopic (exact) mass is 301 g/mol. The second-order valence-corrected chi connectivity index (χ2v) is 6.60. The molecule has 2 aliphatic heterocycles. The van der Waals surface area contributed by atoms with E-state index in [1.54, 1.807) is 0 Å². The van der Waals surface area contributed by atoms with Gasteiger partial charge in [0.2, 0.25) is 0 Å². The molecule has 3 nitrogen and oxygen atoms in total. The van der Waals surface area contributed by atoms with Crippen molar-refractivity contribution in [2.24, 2.45) is 0 Å². The minimum Gasteiger partial charge on any atom is -0.373 e. The molecule has 0 saturated heterocycles. The molecule has 4 heterocycles. The first-order chi connectivity index (χ1) is 11.3. The van der Waals surface area contributed by atoms with Crippen molar-refractivity contribution in [1.82, 2.24) is 14.5 Å². The number of para-hydroxylation sites is 1. The summed E-state index contributed by atoms with van der Waals surface area (Å²) in [6.45, 7) is 3.36. The van der Waals surface area contributed by atoms with Gasteiger partial charge in [0, 0.05) is 42.5 Å². The molecular weight excluding hydrogens is 282 g/mol. The summed E-state index contributed by atoms with van der Waals surface area (Å²) in [7, 11) is 2.20. The summed E-state index contributed by atoms with van der Waals surface area (Å²) in [6.07, 6.45) is 7.37. The van der Waals surface area contributed by atoms with Gasteiger partial charge in [0.1, 0.15) is 0 Å². The lowest BCUT2D eigenvalue weighted by molar-refractivity contribution is 0.463. The zero-order valence-corrected chi connectivity index (χ0v) is 13.5. The lowest BCUT2D eigenvalue weighted by atomic mass is 9.99. The van der Waals surface area contributed by atoms with Gasteiger partial charge in [0.25, 0.3) is 0 Å². The van der Waals surface area contributed by atoms with Crippen LogP contribution in [-0.2, 0) is 6.42 Å². The van der Waals surface area contributed by atoms with Gasteiger partial charge in [-0.15, -0.1) is 0 Å². The Morgan fingerprint density at radius 3 is 2.96 bits per heavy atom. The Bertz CT molecular complexity index is 964. The number of benzene rings is 1. The fraction of sp³-hybridized carbons (Fsp3) is 0.250. The van der Waals surface area contributed by atoms with Crippen molar-refractivity contribution in [1.29, 1.82) is 0 Å². The quantitative estimate of drug-likeness (QED) is 0.627. The summed E-state index contributed by atoms with van der Waals surface area (Å²) in [6, 6.07) is 11.2. The lowest BCUT2D eigenvalue weighted by Crippen LogP contribution is -2.26. The molecule has 0 fully saturated rings. The molecule has 3 heteroatoms. The summed E-state index contributed by atoms with van der Waals surface area (Å²) in [5.41, 5.74) is 8.14. The van der Waals surface area contributed by atoms with Gasteiger partial charge in [-0.3, -0.25) is 4.98 Å². The summed E-state index contributed by atoms with van der Waals surface area (Å²) in [5.74, 6) is 0. The van der Waals surface area contributed by atoms with Crippen LogP contribution in [0.25, 0.3) is 22.7 Å². The maximum atomic E-state index is 4.38. The molecule has 0 amide bonds. The molecule has 3 aromatic rings. The molecule has 0 saturated carbocycles. The van der Waals surface area contributed by atoms with Crippen molar-refractivity contribution in [3.8, 4) is 0 Å². The Balaban J connectivity index is 1.96. The average molecular weight is 301 g/mol. The van der Waals surface area contributed by atoms with Gasteiger partial charge in [-0.25, -0.2) is 0 Å². The Labute approximate surface area is 135 Å². The molecule has 2 aliphatic rings. The Kier molecular flexibility index (Phi) is 2.52. The molecule has 2 aromatic heterocycles. The Hall–Kier alpha value is -2.55. The molecule has 114 valence electrons. The first-order valence-corrected chi connectivity index (χ1v) is 8.24. The first kappa shape index (κ1) is 12.9. The fourth-order valence-corrected chi connectivity index (χ4v) is 4.21. The van der Waals surface area contributed by atoms with E-state index in [2.05, 4.69) is 64.8 Å². The standard InChI is InChI=1S/C20H19N3/c1-13-17-12-21-9-7-14(17)11-19-20-16(8-10-22(19)2)15-5-3-4-6-18(15)23(13)20/h3-7,9,11-13H,8,10H2,1-2H3. The van der Waals surface area contributed by atoms with E-state index < -0.39 is 0 Å². The molecule has 23 heavy (non-hydrogen) atoms. The summed E-state index contributed by atoms with van der Waals surface area (Å²) in [5, 5.41) is 1.40. The second-order valence-electron chi connectivity index (χ2n) is 6.60. The van der Waals surface area contributed by atoms with Crippen LogP contribution in [0.3, 0.4) is 0 Å². The highest BCUT2D eigenvalue weighted by atomic mass is 15.2. The maximum Gasteiger partial charge on any atom is 0.0694 e. The number of nitrogens with zero attached hydrogens (tertiary/aromatic N) is 3. The van der Waals surface area contributed by atoms with Crippen LogP contribution >= 0.6 is 0 Å². The van der Waals surface area contributed by atoms with Crippen molar-refractivity contribution in [2.45, 2.75) is 19.4 Å². The summed E-state index contributed by atoms with van der Waals surface area (Å²) in [4.78, 5) is 6.77. The third kappa shape index (κ3) is 1.62. The van der Waals surface area contributed by atoms with Gasteiger partial charge in [-0.05, 0) is 42.7 Å². The average Bonchev–Trinajstić information content (AvgIpc) is 2.85. The van der Waals surface area contributed by atoms with Crippen LogP contribution in [0.4, 0.5) is 0 Å². The van der Waals surface area contributed by atoms with Crippen LogP contribution < -0.4 is 0 Å². The fourth-order valence-electron chi connectivity index (χ4n) is 4.21. The van der Waals surface area contributed by atoms with Gasteiger partial charge in [0.05, 0.1) is 17.4 Å². The number of pyridine rings is 1. The molecule has 0 bridgehead atoms. The van der Waals surface area contributed by atoms with Crippen LogP contribution in [0.15, 0.2) is 42.7 Å². The molecule has 5 rings (SSSR count). The van der Waals surface area contributed by atoms with E-state index >= 15 is 0 Å². The van der Waals surface area contributed by atoms with E-state index in [1.165, 1.54) is 39.0 Å². The highest BCUT2D eigenvalue weighted by molar-refractivity contribution is 5.95. The zero-order valence-electron chi connectivity index (χ0n) is 13.5. The molecule has 0 N–H and O–H groups in total. The Morgan fingerprint density at radius 1 is 1.17 bits per heavy atom. The van der Waals surface area contributed by atoms with Crippen LogP contribution in [0.2, 0.25) is 0 Å². The number of fused-ring (bicyclic) bond motifs is 4. The third-order valence-electron chi connectivity index (χ3n) is 5.38. The van der Waals surface area contributed by atoms with E-state index in [4.69, 9.17) is 0 Å². The highest BCUT2D eigenvalue weighted by Crippen LogP contribution is 2.42. The molecule has 1 aromatic carbocycles. The zero-order chi connectivity index (χ0) is 15.6. The second kappa shape index (κ2) is 4.48. The van der Waals surface area contributed by atoms with E-state index in [0.29, 0.717) is 0 Å². The minimum atomic E-state index is 0.285. The summed E-state index contributed by atoms with van der Waals surface area (Å²) >= 11 is 0. The smallest absolute Gasteiger partial charge is 0.0694 e. The molecule has 1 atom stereocenters. The van der Waals surface area contributed by atoms with Crippen molar-refractivity contribution in [3.05, 3.63) is 65.1 Å². The Morgan fingerprint density at radius 2 is 2.04 bits per heavy atom. The number of likely N-dealkylation sites (N-methyl/N-ethyl adjacent to an activating group) is 1. The minimum absolute atomic E-state index is 0.285. The van der Waals surface area contributed by atoms with Crippen molar-refractivity contribution >= 4 is 22.7 Å². The molecule has 0 radical (unpaired) electrons. The van der Waals surface area contributed by atoms with E-state index in [1.807, 2.05) is 12.4 Å². The van der Waals surface area contributed by atoms with Crippen molar-refractivity contribution in [3.63, 3.8) is 0 Å². The maximum absolute atomic E-state index is 4.38. The number of rotatable bonds is 0. The van der Waals surface area contributed by atoms with Crippen LogP contribution in [-0.4, -0.2) is 28.0 Å². The SMILES string of the molecule is CC1c2cnccc2C=C2c3c(c4ccccc4n31)CCN2C.